The van der Waals surface area contributed by atoms with E-state index in [1.54, 1.807) is 14.2 Å². The molecule has 0 aliphatic heterocycles. The molecule has 20 heavy (non-hydrogen) atoms. The third-order valence-corrected chi connectivity index (χ3v) is 4.57. The molecule has 2 rings (SSSR count). The van der Waals surface area contributed by atoms with E-state index in [0.29, 0.717) is 16.7 Å². The van der Waals surface area contributed by atoms with Crippen molar-refractivity contribution in [1.29, 1.82) is 0 Å². The first kappa shape index (κ1) is 15.0. The lowest BCUT2D eigenvalue weighted by Gasteiger charge is -2.41. The summed E-state index contributed by atoms with van der Waals surface area (Å²) in [4.78, 5) is 12.9. The fourth-order valence-corrected chi connectivity index (χ4v) is 2.93. The van der Waals surface area contributed by atoms with Crippen molar-refractivity contribution >= 4 is 5.78 Å². The van der Waals surface area contributed by atoms with Crippen LogP contribution in [0.3, 0.4) is 0 Å². The molecule has 0 atom stereocenters. The third-order valence-electron chi connectivity index (χ3n) is 4.57. The SMILES string of the molecule is COc1ccccc1C(=O)C1(OC)CCC(C)(C)CC1. The summed E-state index contributed by atoms with van der Waals surface area (Å²) in [6.45, 7) is 4.50. The number of hydrogen-bond acceptors (Lipinski definition) is 3. The molecule has 1 saturated carbocycles. The Labute approximate surface area is 121 Å². The number of rotatable bonds is 4. The number of Topliss-reactive ketones (excluding diaryl/α,β-unsaturated/α-hetero) is 1. The molecular formula is C17H24O3. The van der Waals surface area contributed by atoms with E-state index in [2.05, 4.69) is 13.8 Å². The van der Waals surface area contributed by atoms with Gasteiger partial charge in [-0.05, 0) is 43.2 Å². The maximum absolute atomic E-state index is 12.9. The van der Waals surface area contributed by atoms with Crippen LogP contribution < -0.4 is 4.74 Å². The average molecular weight is 276 g/mol. The first-order valence-electron chi connectivity index (χ1n) is 7.17. The van der Waals surface area contributed by atoms with Crippen molar-refractivity contribution in [3.63, 3.8) is 0 Å². The van der Waals surface area contributed by atoms with Crippen LogP contribution in [0.5, 0.6) is 5.75 Å². The normalized spacial score (nSPS) is 20.4. The summed E-state index contributed by atoms with van der Waals surface area (Å²) in [5.41, 5.74) is 0.226. The molecule has 1 aliphatic rings. The van der Waals surface area contributed by atoms with Crippen LogP contribution in [0.15, 0.2) is 24.3 Å². The number of benzene rings is 1. The molecule has 0 saturated heterocycles. The fourth-order valence-electron chi connectivity index (χ4n) is 2.93. The van der Waals surface area contributed by atoms with Crippen molar-refractivity contribution in [2.45, 2.75) is 45.1 Å². The largest absolute Gasteiger partial charge is 0.496 e. The Morgan fingerprint density at radius 3 is 2.20 bits per heavy atom. The second-order valence-corrected chi connectivity index (χ2v) is 6.39. The molecule has 0 spiro atoms. The summed E-state index contributed by atoms with van der Waals surface area (Å²) in [5, 5.41) is 0. The van der Waals surface area contributed by atoms with E-state index in [-0.39, 0.29) is 5.78 Å². The van der Waals surface area contributed by atoms with Gasteiger partial charge in [0.1, 0.15) is 11.4 Å². The fraction of sp³-hybridized carbons (Fsp3) is 0.588. The number of carbonyl (C=O) groups excluding carboxylic acids is 1. The van der Waals surface area contributed by atoms with Gasteiger partial charge in [0, 0.05) is 7.11 Å². The van der Waals surface area contributed by atoms with Crippen LogP contribution in [0.1, 0.15) is 49.9 Å². The zero-order valence-electron chi connectivity index (χ0n) is 12.9. The quantitative estimate of drug-likeness (QED) is 0.783. The van der Waals surface area contributed by atoms with Crippen molar-refractivity contribution in [3.05, 3.63) is 29.8 Å². The highest BCUT2D eigenvalue weighted by Crippen LogP contribution is 2.43. The van der Waals surface area contributed by atoms with Gasteiger partial charge in [-0.3, -0.25) is 4.79 Å². The van der Waals surface area contributed by atoms with Gasteiger partial charge in [-0.25, -0.2) is 0 Å². The van der Waals surface area contributed by atoms with Gasteiger partial charge >= 0.3 is 0 Å². The Morgan fingerprint density at radius 1 is 1.05 bits per heavy atom. The molecule has 0 unspecified atom stereocenters. The van der Waals surface area contributed by atoms with Crippen molar-refractivity contribution in [3.8, 4) is 5.75 Å². The van der Waals surface area contributed by atoms with Crippen molar-refractivity contribution in [2.75, 3.05) is 14.2 Å². The van der Waals surface area contributed by atoms with Crippen LogP contribution in [0, 0.1) is 5.41 Å². The molecule has 1 aliphatic carbocycles. The highest BCUT2D eigenvalue weighted by atomic mass is 16.5. The second kappa shape index (κ2) is 5.57. The molecule has 0 amide bonds. The van der Waals surface area contributed by atoms with E-state index in [1.807, 2.05) is 24.3 Å². The molecule has 1 aromatic carbocycles. The lowest BCUT2D eigenvalue weighted by molar-refractivity contribution is -0.0384. The molecule has 3 heteroatoms. The first-order chi connectivity index (χ1) is 9.44. The van der Waals surface area contributed by atoms with Crippen LogP contribution >= 0.6 is 0 Å². The summed E-state index contributed by atoms with van der Waals surface area (Å²) in [5.74, 6) is 0.673. The van der Waals surface area contributed by atoms with Crippen molar-refractivity contribution in [2.24, 2.45) is 5.41 Å². The van der Waals surface area contributed by atoms with Gasteiger partial charge in [0.2, 0.25) is 0 Å². The predicted molar refractivity (Wildman–Crippen MR) is 79.3 cm³/mol. The van der Waals surface area contributed by atoms with Gasteiger partial charge in [-0.15, -0.1) is 0 Å². The maximum atomic E-state index is 12.9. The monoisotopic (exact) mass is 276 g/mol. The van der Waals surface area contributed by atoms with E-state index in [0.717, 1.165) is 25.7 Å². The van der Waals surface area contributed by atoms with Gasteiger partial charge in [0.05, 0.1) is 12.7 Å². The van der Waals surface area contributed by atoms with E-state index in [1.165, 1.54) is 0 Å². The predicted octanol–water partition coefficient (Wildman–Crippen LogP) is 3.86. The van der Waals surface area contributed by atoms with Crippen LogP contribution in [-0.2, 0) is 4.74 Å². The van der Waals surface area contributed by atoms with Gasteiger partial charge in [0.15, 0.2) is 5.78 Å². The van der Waals surface area contributed by atoms with Gasteiger partial charge in [-0.2, -0.15) is 0 Å². The molecule has 3 nitrogen and oxygen atoms in total. The Hall–Kier alpha value is -1.35. The minimum atomic E-state index is -0.690. The van der Waals surface area contributed by atoms with Crippen molar-refractivity contribution in [1.82, 2.24) is 0 Å². The van der Waals surface area contributed by atoms with Crippen molar-refractivity contribution < 1.29 is 14.3 Å². The summed E-state index contributed by atoms with van der Waals surface area (Å²) in [6, 6.07) is 7.38. The Balaban J connectivity index is 2.30. The van der Waals surface area contributed by atoms with Crippen LogP contribution in [0.25, 0.3) is 0 Å². The van der Waals surface area contributed by atoms with Gasteiger partial charge in [0.25, 0.3) is 0 Å². The zero-order valence-corrected chi connectivity index (χ0v) is 12.9. The van der Waals surface area contributed by atoms with Crippen LogP contribution in [0.4, 0.5) is 0 Å². The lowest BCUT2D eigenvalue weighted by Crippen LogP contribution is -2.45. The number of hydrogen-bond donors (Lipinski definition) is 0. The average Bonchev–Trinajstić information content (AvgIpc) is 2.47. The maximum Gasteiger partial charge on any atom is 0.198 e. The lowest BCUT2D eigenvalue weighted by atomic mass is 9.68. The van der Waals surface area contributed by atoms with E-state index in [4.69, 9.17) is 9.47 Å². The van der Waals surface area contributed by atoms with Gasteiger partial charge < -0.3 is 9.47 Å². The Kier molecular flexibility index (Phi) is 4.19. The van der Waals surface area contributed by atoms with E-state index >= 15 is 0 Å². The van der Waals surface area contributed by atoms with E-state index in [9.17, 15) is 4.79 Å². The second-order valence-electron chi connectivity index (χ2n) is 6.39. The number of carbonyl (C=O) groups is 1. The highest BCUT2D eigenvalue weighted by Gasteiger charge is 2.45. The molecule has 110 valence electrons. The molecule has 0 radical (unpaired) electrons. The van der Waals surface area contributed by atoms with Crippen LogP contribution in [-0.4, -0.2) is 25.6 Å². The van der Waals surface area contributed by atoms with Crippen LogP contribution in [0.2, 0.25) is 0 Å². The summed E-state index contributed by atoms with van der Waals surface area (Å²) < 4.78 is 11.0. The molecule has 0 N–H and O–H groups in total. The minimum Gasteiger partial charge on any atom is -0.496 e. The topological polar surface area (TPSA) is 35.5 Å². The molecule has 0 aromatic heterocycles. The highest BCUT2D eigenvalue weighted by molar-refractivity contribution is 6.04. The standard InChI is InChI=1S/C17H24O3/c1-16(2)9-11-17(20-4,12-10-16)15(18)13-7-5-6-8-14(13)19-3/h5-8H,9-12H2,1-4H3. The number of ketones is 1. The molecule has 1 aromatic rings. The Bertz CT molecular complexity index is 481. The molecular weight excluding hydrogens is 252 g/mol. The van der Waals surface area contributed by atoms with Gasteiger partial charge in [-0.1, -0.05) is 26.0 Å². The number of ether oxygens (including phenoxy) is 2. The summed E-state index contributed by atoms with van der Waals surface area (Å²) in [7, 11) is 3.24. The third kappa shape index (κ3) is 2.73. The van der Waals surface area contributed by atoms with E-state index < -0.39 is 5.60 Å². The first-order valence-corrected chi connectivity index (χ1v) is 7.17. The zero-order chi connectivity index (χ0) is 14.8. The number of methoxy groups -OCH3 is 2. The summed E-state index contributed by atoms with van der Waals surface area (Å²) >= 11 is 0. The minimum absolute atomic E-state index is 0.0490. The summed E-state index contributed by atoms with van der Waals surface area (Å²) in [6.07, 6.45) is 3.55. The number of para-hydroxylation sites is 1. The smallest absolute Gasteiger partial charge is 0.198 e. The molecule has 0 bridgehead atoms. The molecule has 1 fully saturated rings. The Morgan fingerprint density at radius 2 is 1.65 bits per heavy atom. The molecule has 0 heterocycles.